The fourth-order valence-electron chi connectivity index (χ4n) is 3.63. The molecule has 2 aliphatic rings. The highest BCUT2D eigenvalue weighted by atomic mass is 79.9. The zero-order chi connectivity index (χ0) is 12.9. The van der Waals surface area contributed by atoms with E-state index in [-0.39, 0.29) is 11.5 Å². The van der Waals surface area contributed by atoms with Crippen molar-refractivity contribution in [1.29, 1.82) is 0 Å². The van der Waals surface area contributed by atoms with Crippen LogP contribution < -0.4 is 5.56 Å². The Morgan fingerprint density at radius 2 is 2.11 bits per heavy atom. The Kier molecular flexibility index (Phi) is 3.08. The number of nitrogens with one attached hydrogen (secondary N) is 1. The third-order valence-corrected chi connectivity index (χ3v) is 5.31. The minimum absolute atomic E-state index is 0.0218. The molecule has 1 heterocycles. The lowest BCUT2D eigenvalue weighted by atomic mass is 9.88. The number of hydrogen-bond donors (Lipinski definition) is 1. The van der Waals surface area contributed by atoms with E-state index in [4.69, 9.17) is 4.98 Å². The van der Waals surface area contributed by atoms with Crippen molar-refractivity contribution in [1.82, 2.24) is 9.97 Å². The summed E-state index contributed by atoms with van der Waals surface area (Å²) in [5, 5.41) is 0. The van der Waals surface area contributed by atoms with Gasteiger partial charge in [0.05, 0.1) is 5.69 Å². The predicted octanol–water partition coefficient (Wildman–Crippen LogP) is 3.56. The van der Waals surface area contributed by atoms with E-state index in [0.717, 1.165) is 23.4 Å². The zero-order valence-electron chi connectivity index (χ0n) is 10.9. The Morgan fingerprint density at radius 1 is 1.33 bits per heavy atom. The zero-order valence-corrected chi connectivity index (χ0v) is 12.5. The Balaban J connectivity index is 2.00. The monoisotopic (exact) mass is 310 g/mol. The second-order valence-electron chi connectivity index (χ2n) is 6.09. The molecular weight excluding hydrogens is 292 g/mol. The highest BCUT2D eigenvalue weighted by Gasteiger charge is 2.41. The van der Waals surface area contributed by atoms with Gasteiger partial charge in [0.25, 0.3) is 5.56 Å². The summed E-state index contributed by atoms with van der Waals surface area (Å²) < 4.78 is 0.601. The number of fused-ring (bicyclic) bond motifs is 2. The van der Waals surface area contributed by atoms with Crippen LogP contribution in [0.4, 0.5) is 0 Å². The van der Waals surface area contributed by atoms with Crippen LogP contribution in [0.25, 0.3) is 0 Å². The molecule has 0 amide bonds. The normalized spacial score (nSPS) is 30.3. The summed E-state index contributed by atoms with van der Waals surface area (Å²) in [7, 11) is 0. The molecule has 2 saturated carbocycles. The van der Waals surface area contributed by atoms with Crippen LogP contribution in [0, 0.1) is 11.8 Å². The number of halogens is 1. The van der Waals surface area contributed by atoms with Gasteiger partial charge in [0, 0.05) is 5.92 Å². The van der Waals surface area contributed by atoms with Gasteiger partial charge in [-0.15, -0.1) is 0 Å². The Bertz CT molecular complexity index is 523. The molecular formula is C14H19BrN2O. The van der Waals surface area contributed by atoms with Gasteiger partial charge in [0.1, 0.15) is 10.3 Å². The molecule has 3 nitrogen and oxygen atoms in total. The lowest BCUT2D eigenvalue weighted by Gasteiger charge is -2.21. The smallest absolute Gasteiger partial charge is 0.265 e. The first-order valence-electron chi connectivity index (χ1n) is 6.86. The van der Waals surface area contributed by atoms with Crippen LogP contribution >= 0.6 is 15.9 Å². The Labute approximate surface area is 116 Å². The molecule has 0 aliphatic heterocycles. The van der Waals surface area contributed by atoms with Gasteiger partial charge in [-0.1, -0.05) is 20.3 Å². The number of rotatable bonds is 2. The van der Waals surface area contributed by atoms with Crippen molar-refractivity contribution in [3.63, 3.8) is 0 Å². The second-order valence-corrected chi connectivity index (χ2v) is 6.88. The number of aromatic nitrogens is 2. The van der Waals surface area contributed by atoms with Gasteiger partial charge in [-0.2, -0.15) is 0 Å². The summed E-state index contributed by atoms with van der Waals surface area (Å²) in [4.78, 5) is 19.7. The van der Waals surface area contributed by atoms with Crippen LogP contribution in [0.3, 0.4) is 0 Å². The number of H-pyrrole nitrogens is 1. The maximum atomic E-state index is 12.0. The summed E-state index contributed by atoms with van der Waals surface area (Å²) in [6.07, 6.45) is 5.24. The Hall–Kier alpha value is -0.640. The highest BCUT2D eigenvalue weighted by molar-refractivity contribution is 9.10. The average molecular weight is 311 g/mol. The van der Waals surface area contributed by atoms with Gasteiger partial charge in [0.15, 0.2) is 0 Å². The van der Waals surface area contributed by atoms with Gasteiger partial charge in [-0.3, -0.25) is 4.79 Å². The molecule has 98 valence electrons. The molecule has 3 unspecified atom stereocenters. The van der Waals surface area contributed by atoms with E-state index < -0.39 is 0 Å². The molecule has 3 atom stereocenters. The average Bonchev–Trinajstić information content (AvgIpc) is 2.94. The fraction of sp³-hybridized carbons (Fsp3) is 0.714. The van der Waals surface area contributed by atoms with E-state index in [1.54, 1.807) is 0 Å². The van der Waals surface area contributed by atoms with E-state index in [0.29, 0.717) is 10.4 Å². The van der Waals surface area contributed by atoms with Gasteiger partial charge in [-0.05, 0) is 52.9 Å². The lowest BCUT2D eigenvalue weighted by Crippen LogP contribution is -2.21. The van der Waals surface area contributed by atoms with Crippen LogP contribution in [0.5, 0.6) is 0 Å². The Morgan fingerprint density at radius 3 is 2.67 bits per heavy atom. The third-order valence-electron chi connectivity index (χ3n) is 4.54. The highest BCUT2D eigenvalue weighted by Crippen LogP contribution is 2.52. The first kappa shape index (κ1) is 12.4. The van der Waals surface area contributed by atoms with Crippen molar-refractivity contribution in [3.05, 3.63) is 26.3 Å². The second kappa shape index (κ2) is 4.48. The van der Waals surface area contributed by atoms with Gasteiger partial charge >= 0.3 is 0 Å². The third kappa shape index (κ3) is 1.94. The summed E-state index contributed by atoms with van der Waals surface area (Å²) in [6, 6.07) is 0. The van der Waals surface area contributed by atoms with Gasteiger partial charge in [0.2, 0.25) is 0 Å². The quantitative estimate of drug-likeness (QED) is 0.907. The minimum Gasteiger partial charge on any atom is -0.309 e. The molecule has 0 spiro atoms. The van der Waals surface area contributed by atoms with E-state index >= 15 is 0 Å². The topological polar surface area (TPSA) is 45.8 Å². The van der Waals surface area contributed by atoms with E-state index in [9.17, 15) is 4.79 Å². The summed E-state index contributed by atoms with van der Waals surface area (Å²) >= 11 is 3.36. The van der Waals surface area contributed by atoms with E-state index in [1.165, 1.54) is 25.7 Å². The molecule has 0 radical (unpaired) electrons. The van der Waals surface area contributed by atoms with Crippen molar-refractivity contribution in [2.75, 3.05) is 0 Å². The first-order valence-corrected chi connectivity index (χ1v) is 7.65. The molecule has 2 fully saturated rings. The van der Waals surface area contributed by atoms with Crippen molar-refractivity contribution in [3.8, 4) is 0 Å². The van der Waals surface area contributed by atoms with E-state index in [1.807, 2.05) is 0 Å². The van der Waals surface area contributed by atoms with Crippen LogP contribution in [-0.2, 0) is 0 Å². The van der Waals surface area contributed by atoms with Crippen LogP contribution in [0.1, 0.15) is 62.9 Å². The van der Waals surface area contributed by atoms with Crippen molar-refractivity contribution in [2.24, 2.45) is 11.8 Å². The van der Waals surface area contributed by atoms with Gasteiger partial charge < -0.3 is 4.98 Å². The van der Waals surface area contributed by atoms with Crippen LogP contribution in [0.15, 0.2) is 9.27 Å². The number of aromatic amines is 1. The van der Waals surface area contributed by atoms with Crippen molar-refractivity contribution in [2.45, 2.75) is 51.4 Å². The molecule has 18 heavy (non-hydrogen) atoms. The predicted molar refractivity (Wildman–Crippen MR) is 74.8 cm³/mol. The molecule has 1 aromatic rings. The number of hydrogen-bond acceptors (Lipinski definition) is 2. The SMILES string of the molecule is CC(C)c1nc(C2CC3CCC2C3)[nH]c(=O)c1Br. The summed E-state index contributed by atoms with van der Waals surface area (Å²) in [5.74, 6) is 3.32. The minimum atomic E-state index is -0.0218. The molecule has 2 bridgehead atoms. The van der Waals surface area contributed by atoms with Crippen molar-refractivity contribution < 1.29 is 0 Å². The number of nitrogens with zero attached hydrogens (tertiary/aromatic N) is 1. The van der Waals surface area contributed by atoms with Gasteiger partial charge in [-0.25, -0.2) is 4.98 Å². The maximum Gasteiger partial charge on any atom is 0.265 e. The lowest BCUT2D eigenvalue weighted by molar-refractivity contribution is 0.403. The summed E-state index contributed by atoms with van der Waals surface area (Å²) in [5.41, 5.74) is 0.878. The molecule has 1 N–H and O–H groups in total. The standard InChI is InChI=1S/C14H19BrN2O/c1-7(2)12-11(15)14(18)17-13(16-12)10-6-8-3-4-9(10)5-8/h7-10H,3-6H2,1-2H3,(H,16,17,18). The summed E-state index contributed by atoms with van der Waals surface area (Å²) in [6.45, 7) is 4.16. The first-order chi connectivity index (χ1) is 8.56. The molecule has 0 saturated heterocycles. The molecule has 2 aliphatic carbocycles. The van der Waals surface area contributed by atoms with E-state index in [2.05, 4.69) is 34.8 Å². The van der Waals surface area contributed by atoms with Crippen LogP contribution in [-0.4, -0.2) is 9.97 Å². The molecule has 1 aromatic heterocycles. The molecule has 3 rings (SSSR count). The fourth-order valence-corrected chi connectivity index (χ4v) is 4.28. The molecule has 0 aromatic carbocycles. The largest absolute Gasteiger partial charge is 0.309 e. The maximum absolute atomic E-state index is 12.0. The molecule has 4 heteroatoms. The van der Waals surface area contributed by atoms with Crippen molar-refractivity contribution >= 4 is 15.9 Å². The van der Waals surface area contributed by atoms with Crippen LogP contribution in [0.2, 0.25) is 0 Å².